The van der Waals surface area contributed by atoms with Crippen LogP contribution in [0.15, 0.2) is 83.3 Å². The lowest BCUT2D eigenvalue weighted by Crippen LogP contribution is -2.02. The maximum atomic E-state index is 13.1. The maximum Gasteiger partial charge on any atom is 0.197 e. The average molecular weight is 314 g/mol. The molecule has 0 saturated carbocycles. The van der Waals surface area contributed by atoms with E-state index >= 15 is 0 Å². The first-order chi connectivity index (χ1) is 11.7. The van der Waals surface area contributed by atoms with Gasteiger partial charge in [0.15, 0.2) is 5.78 Å². The fourth-order valence-electron chi connectivity index (χ4n) is 2.86. The minimum absolute atomic E-state index is 0.0647. The van der Waals surface area contributed by atoms with Crippen LogP contribution in [-0.2, 0) is 0 Å². The zero-order valence-corrected chi connectivity index (χ0v) is 12.8. The van der Waals surface area contributed by atoms with E-state index < -0.39 is 0 Å². The van der Waals surface area contributed by atoms with Crippen LogP contribution < -0.4 is 0 Å². The van der Waals surface area contributed by atoms with Crippen LogP contribution >= 0.6 is 0 Å². The number of carbonyl (C=O) groups excluding carboxylic acids is 1. The molecule has 0 radical (unpaired) electrons. The van der Waals surface area contributed by atoms with Gasteiger partial charge in [-0.2, -0.15) is 0 Å². The van der Waals surface area contributed by atoms with Gasteiger partial charge in [-0.05, 0) is 18.2 Å². The molecule has 0 aliphatic carbocycles. The van der Waals surface area contributed by atoms with Crippen molar-refractivity contribution in [3.05, 3.63) is 90.0 Å². The Balaban J connectivity index is 1.98. The van der Waals surface area contributed by atoms with E-state index in [1.165, 1.54) is 6.07 Å². The first-order valence-corrected chi connectivity index (χ1v) is 7.65. The van der Waals surface area contributed by atoms with Gasteiger partial charge in [0.1, 0.15) is 17.1 Å². The number of furan rings is 1. The number of ketones is 1. The number of fused-ring (bicyclic) bond motifs is 1. The van der Waals surface area contributed by atoms with E-state index in [2.05, 4.69) is 0 Å². The van der Waals surface area contributed by atoms with E-state index in [9.17, 15) is 9.90 Å². The molecule has 0 aliphatic rings. The molecule has 1 heterocycles. The van der Waals surface area contributed by atoms with Crippen molar-refractivity contribution < 1.29 is 14.3 Å². The van der Waals surface area contributed by atoms with Crippen molar-refractivity contribution >= 4 is 16.8 Å². The number of rotatable bonds is 3. The Bertz CT molecular complexity index is 1030. The summed E-state index contributed by atoms with van der Waals surface area (Å²) in [6.07, 6.45) is 0. The van der Waals surface area contributed by atoms with Gasteiger partial charge >= 0.3 is 0 Å². The minimum Gasteiger partial charge on any atom is -0.508 e. The lowest BCUT2D eigenvalue weighted by Gasteiger charge is -2.04. The van der Waals surface area contributed by atoms with E-state index in [1.807, 2.05) is 54.6 Å². The topological polar surface area (TPSA) is 50.4 Å². The highest BCUT2D eigenvalue weighted by molar-refractivity contribution is 6.19. The van der Waals surface area contributed by atoms with Gasteiger partial charge < -0.3 is 9.52 Å². The van der Waals surface area contributed by atoms with Gasteiger partial charge in [0, 0.05) is 16.5 Å². The second kappa shape index (κ2) is 5.70. The van der Waals surface area contributed by atoms with Gasteiger partial charge in [-0.3, -0.25) is 4.79 Å². The van der Waals surface area contributed by atoms with Crippen molar-refractivity contribution in [3.8, 4) is 17.1 Å². The number of carbonyl (C=O) groups is 1. The third-order valence-corrected chi connectivity index (χ3v) is 3.97. The van der Waals surface area contributed by atoms with Crippen molar-refractivity contribution in [2.45, 2.75) is 0 Å². The van der Waals surface area contributed by atoms with Gasteiger partial charge in [-0.1, -0.05) is 60.7 Å². The molecule has 0 bridgehead atoms. The summed E-state index contributed by atoms with van der Waals surface area (Å²) in [5.74, 6) is 0.440. The molecule has 1 aromatic heterocycles. The first-order valence-electron chi connectivity index (χ1n) is 7.65. The van der Waals surface area contributed by atoms with Crippen LogP contribution in [0.25, 0.3) is 22.3 Å². The lowest BCUT2D eigenvalue weighted by atomic mass is 9.97. The summed E-state index contributed by atoms with van der Waals surface area (Å²) < 4.78 is 5.97. The fourth-order valence-corrected chi connectivity index (χ4v) is 2.86. The monoisotopic (exact) mass is 314 g/mol. The molecular weight excluding hydrogens is 300 g/mol. The number of phenols is 1. The quantitative estimate of drug-likeness (QED) is 0.539. The molecule has 4 rings (SSSR count). The second-order valence-corrected chi connectivity index (χ2v) is 5.55. The molecule has 1 N–H and O–H groups in total. The predicted octanol–water partition coefficient (Wildman–Crippen LogP) is 5.04. The highest BCUT2D eigenvalue weighted by Gasteiger charge is 2.23. The Kier molecular flexibility index (Phi) is 3.39. The van der Waals surface area contributed by atoms with Crippen LogP contribution in [-0.4, -0.2) is 10.9 Å². The van der Waals surface area contributed by atoms with Gasteiger partial charge in [-0.25, -0.2) is 0 Å². The summed E-state index contributed by atoms with van der Waals surface area (Å²) in [6.45, 7) is 0. The van der Waals surface area contributed by atoms with Crippen molar-refractivity contribution in [2.24, 2.45) is 0 Å². The molecule has 3 aromatic carbocycles. The van der Waals surface area contributed by atoms with Crippen molar-refractivity contribution in [1.82, 2.24) is 0 Å². The number of hydrogen-bond donors (Lipinski definition) is 1. The molecule has 0 spiro atoms. The summed E-state index contributed by atoms with van der Waals surface area (Å²) in [5, 5.41) is 10.5. The van der Waals surface area contributed by atoms with E-state index in [-0.39, 0.29) is 11.5 Å². The number of para-hydroxylation sites is 1. The normalized spacial score (nSPS) is 10.8. The number of benzene rings is 3. The number of aromatic hydroxyl groups is 1. The molecule has 0 amide bonds. The maximum absolute atomic E-state index is 13.1. The molecule has 116 valence electrons. The largest absolute Gasteiger partial charge is 0.508 e. The molecule has 3 nitrogen and oxygen atoms in total. The van der Waals surface area contributed by atoms with Crippen molar-refractivity contribution in [2.75, 3.05) is 0 Å². The predicted molar refractivity (Wildman–Crippen MR) is 93.2 cm³/mol. The third kappa shape index (κ3) is 2.36. The molecule has 0 aliphatic heterocycles. The van der Waals surface area contributed by atoms with Crippen molar-refractivity contribution in [1.29, 1.82) is 0 Å². The lowest BCUT2D eigenvalue weighted by molar-refractivity contribution is 0.104. The standard InChI is InChI=1S/C21H14O3/c22-16-10-6-9-15(13-16)20(23)19-17-11-4-5-12-18(17)24-21(19)14-7-2-1-3-8-14/h1-13,22H. The highest BCUT2D eigenvalue weighted by atomic mass is 16.3. The molecule has 0 unspecified atom stereocenters. The van der Waals surface area contributed by atoms with Crippen LogP contribution in [0, 0.1) is 0 Å². The fraction of sp³-hybridized carbons (Fsp3) is 0. The third-order valence-electron chi connectivity index (χ3n) is 3.97. The Morgan fingerprint density at radius 1 is 0.833 bits per heavy atom. The van der Waals surface area contributed by atoms with Crippen molar-refractivity contribution in [3.63, 3.8) is 0 Å². The summed E-state index contributed by atoms with van der Waals surface area (Å²) in [5.41, 5.74) is 2.46. The summed E-state index contributed by atoms with van der Waals surface area (Å²) >= 11 is 0. The molecule has 0 atom stereocenters. The second-order valence-electron chi connectivity index (χ2n) is 5.55. The zero-order chi connectivity index (χ0) is 16.5. The Morgan fingerprint density at radius 3 is 2.38 bits per heavy atom. The molecule has 0 saturated heterocycles. The number of phenolic OH excluding ortho intramolecular Hbond substituents is 1. The van der Waals surface area contributed by atoms with Gasteiger partial charge in [0.2, 0.25) is 0 Å². The summed E-state index contributed by atoms with van der Waals surface area (Å²) in [6, 6.07) is 23.4. The molecule has 4 aromatic rings. The molecular formula is C21H14O3. The average Bonchev–Trinajstić information content (AvgIpc) is 3.01. The Labute approximate surface area is 138 Å². The number of hydrogen-bond acceptors (Lipinski definition) is 3. The van der Waals surface area contributed by atoms with Gasteiger partial charge in [0.25, 0.3) is 0 Å². The first kappa shape index (κ1) is 14.3. The van der Waals surface area contributed by atoms with Crippen LogP contribution in [0.5, 0.6) is 5.75 Å². The molecule has 3 heteroatoms. The van der Waals surface area contributed by atoms with Gasteiger partial charge in [-0.15, -0.1) is 0 Å². The SMILES string of the molecule is O=C(c1cccc(O)c1)c1c(-c2ccccc2)oc2ccccc12. The van der Waals surface area contributed by atoms with E-state index in [1.54, 1.807) is 18.2 Å². The van der Waals surface area contributed by atoms with E-state index in [4.69, 9.17) is 4.42 Å². The highest BCUT2D eigenvalue weighted by Crippen LogP contribution is 2.35. The van der Waals surface area contributed by atoms with Gasteiger partial charge in [0.05, 0.1) is 5.56 Å². The molecule has 0 fully saturated rings. The zero-order valence-electron chi connectivity index (χ0n) is 12.8. The Hall–Kier alpha value is -3.33. The summed E-state index contributed by atoms with van der Waals surface area (Å²) in [7, 11) is 0. The van der Waals surface area contributed by atoms with Crippen LogP contribution in [0.3, 0.4) is 0 Å². The molecule has 24 heavy (non-hydrogen) atoms. The Morgan fingerprint density at radius 2 is 1.58 bits per heavy atom. The summed E-state index contributed by atoms with van der Waals surface area (Å²) in [4.78, 5) is 13.1. The van der Waals surface area contributed by atoms with E-state index in [0.717, 1.165) is 10.9 Å². The smallest absolute Gasteiger partial charge is 0.197 e. The van der Waals surface area contributed by atoms with Crippen LogP contribution in [0.4, 0.5) is 0 Å². The van der Waals surface area contributed by atoms with Crippen LogP contribution in [0.2, 0.25) is 0 Å². The minimum atomic E-state index is -0.172. The van der Waals surface area contributed by atoms with E-state index in [0.29, 0.717) is 22.5 Å². The van der Waals surface area contributed by atoms with Crippen LogP contribution in [0.1, 0.15) is 15.9 Å².